The number of aryl methyl sites for hydroxylation is 1. The molecule has 0 spiro atoms. The summed E-state index contributed by atoms with van der Waals surface area (Å²) in [6.45, 7) is 5.59. The van der Waals surface area contributed by atoms with Crippen molar-refractivity contribution >= 4 is 22.3 Å². The molecule has 20 heavy (non-hydrogen) atoms. The number of hydrogen-bond acceptors (Lipinski definition) is 6. The summed E-state index contributed by atoms with van der Waals surface area (Å²) >= 11 is 1.39. The molecular formula is C13H17N3O3S. The predicted molar refractivity (Wildman–Crippen MR) is 75.8 cm³/mol. The third-order valence-corrected chi connectivity index (χ3v) is 3.61. The van der Waals surface area contributed by atoms with E-state index < -0.39 is 0 Å². The molecule has 0 N–H and O–H groups in total. The number of esters is 1. The fourth-order valence-electron chi connectivity index (χ4n) is 1.60. The molecule has 0 aliphatic rings. The van der Waals surface area contributed by atoms with Crippen LogP contribution in [-0.4, -0.2) is 20.6 Å². The summed E-state index contributed by atoms with van der Waals surface area (Å²) in [5.41, 5.74) is 0.208. The Morgan fingerprint density at radius 1 is 1.50 bits per heavy atom. The highest BCUT2D eigenvalue weighted by atomic mass is 32.1. The zero-order chi connectivity index (χ0) is 14.7. The van der Waals surface area contributed by atoms with Crippen molar-refractivity contribution in [3.8, 4) is 0 Å². The average Bonchev–Trinajstić information content (AvgIpc) is 2.79. The SMILES string of the molecule is CCCc1nn2c(=O)cc(COC(=O)C(C)C)nc2s1. The van der Waals surface area contributed by atoms with E-state index in [4.69, 9.17) is 4.74 Å². The van der Waals surface area contributed by atoms with E-state index in [1.807, 2.05) is 0 Å². The average molecular weight is 295 g/mol. The normalized spacial score (nSPS) is 11.2. The Kier molecular flexibility index (Phi) is 4.49. The van der Waals surface area contributed by atoms with E-state index in [1.165, 1.54) is 21.9 Å². The van der Waals surface area contributed by atoms with E-state index in [-0.39, 0.29) is 24.1 Å². The summed E-state index contributed by atoms with van der Waals surface area (Å²) in [6, 6.07) is 1.36. The van der Waals surface area contributed by atoms with Crippen molar-refractivity contribution in [1.29, 1.82) is 0 Å². The van der Waals surface area contributed by atoms with Gasteiger partial charge in [-0.05, 0) is 6.42 Å². The van der Waals surface area contributed by atoms with Crippen molar-refractivity contribution in [3.05, 3.63) is 27.1 Å². The number of aromatic nitrogens is 3. The topological polar surface area (TPSA) is 73.6 Å². The van der Waals surface area contributed by atoms with Gasteiger partial charge in [0, 0.05) is 12.5 Å². The first-order valence-electron chi connectivity index (χ1n) is 6.56. The Balaban J connectivity index is 2.23. The summed E-state index contributed by atoms with van der Waals surface area (Å²) in [5, 5.41) is 5.10. The van der Waals surface area contributed by atoms with Gasteiger partial charge in [-0.3, -0.25) is 9.59 Å². The van der Waals surface area contributed by atoms with Crippen LogP contribution in [-0.2, 0) is 22.6 Å². The molecule has 0 unspecified atom stereocenters. The second-order valence-electron chi connectivity index (χ2n) is 4.79. The quantitative estimate of drug-likeness (QED) is 0.786. The van der Waals surface area contributed by atoms with Crippen LogP contribution in [0, 0.1) is 5.92 Å². The number of carbonyl (C=O) groups is 1. The van der Waals surface area contributed by atoms with E-state index in [9.17, 15) is 9.59 Å². The Morgan fingerprint density at radius 3 is 2.90 bits per heavy atom. The second kappa shape index (κ2) is 6.13. The predicted octanol–water partition coefficient (Wildman–Crippen LogP) is 1.80. The number of rotatable bonds is 5. The van der Waals surface area contributed by atoms with E-state index in [0.717, 1.165) is 17.8 Å². The lowest BCUT2D eigenvalue weighted by molar-refractivity contribution is -0.148. The lowest BCUT2D eigenvalue weighted by Gasteiger charge is -2.05. The largest absolute Gasteiger partial charge is 0.459 e. The van der Waals surface area contributed by atoms with Crippen molar-refractivity contribution in [2.45, 2.75) is 40.2 Å². The zero-order valence-corrected chi connectivity index (χ0v) is 12.6. The first-order chi connectivity index (χ1) is 9.51. The molecule has 2 rings (SSSR count). The van der Waals surface area contributed by atoms with Crippen molar-refractivity contribution in [1.82, 2.24) is 14.6 Å². The molecule has 0 saturated carbocycles. The van der Waals surface area contributed by atoms with Crippen LogP contribution in [0.5, 0.6) is 0 Å². The minimum atomic E-state index is -0.303. The van der Waals surface area contributed by atoms with Crippen LogP contribution < -0.4 is 5.56 Å². The Hall–Kier alpha value is -1.76. The highest BCUT2D eigenvalue weighted by Crippen LogP contribution is 2.13. The van der Waals surface area contributed by atoms with Gasteiger partial charge in [-0.2, -0.15) is 9.61 Å². The van der Waals surface area contributed by atoms with Gasteiger partial charge in [-0.1, -0.05) is 32.1 Å². The number of hydrogen-bond donors (Lipinski definition) is 0. The molecule has 0 radical (unpaired) electrons. The van der Waals surface area contributed by atoms with Gasteiger partial charge in [0.2, 0.25) is 4.96 Å². The number of fused-ring (bicyclic) bond motifs is 1. The fourth-order valence-corrected chi connectivity index (χ4v) is 2.62. The molecule has 2 heterocycles. The van der Waals surface area contributed by atoms with E-state index in [0.29, 0.717) is 10.7 Å². The maximum Gasteiger partial charge on any atom is 0.308 e. The number of ether oxygens (including phenoxy) is 1. The maximum atomic E-state index is 11.9. The highest BCUT2D eigenvalue weighted by Gasteiger charge is 2.12. The summed E-state index contributed by atoms with van der Waals surface area (Å²) in [4.78, 5) is 28.2. The van der Waals surface area contributed by atoms with Crippen LogP contribution in [0.25, 0.3) is 4.96 Å². The van der Waals surface area contributed by atoms with Gasteiger partial charge in [0.05, 0.1) is 11.6 Å². The molecule has 108 valence electrons. The third-order valence-electron chi connectivity index (χ3n) is 2.64. The second-order valence-corrected chi connectivity index (χ2v) is 5.83. The van der Waals surface area contributed by atoms with Crippen LogP contribution in [0.1, 0.15) is 37.9 Å². The van der Waals surface area contributed by atoms with Crippen LogP contribution in [0.2, 0.25) is 0 Å². The highest BCUT2D eigenvalue weighted by molar-refractivity contribution is 7.16. The van der Waals surface area contributed by atoms with Gasteiger partial charge in [0.15, 0.2) is 0 Å². The molecule has 7 heteroatoms. The molecule has 0 aliphatic carbocycles. The van der Waals surface area contributed by atoms with Gasteiger partial charge in [-0.15, -0.1) is 0 Å². The van der Waals surface area contributed by atoms with Crippen LogP contribution in [0.4, 0.5) is 0 Å². The Labute approximate surface area is 120 Å². The van der Waals surface area contributed by atoms with Crippen LogP contribution in [0.3, 0.4) is 0 Å². The molecule has 2 aromatic heterocycles. The summed E-state index contributed by atoms with van der Waals surface area (Å²) < 4.78 is 6.38. The van der Waals surface area contributed by atoms with Gasteiger partial charge < -0.3 is 4.74 Å². The third kappa shape index (κ3) is 3.22. The van der Waals surface area contributed by atoms with Gasteiger partial charge >= 0.3 is 5.97 Å². The molecule has 0 aromatic carbocycles. The van der Waals surface area contributed by atoms with E-state index in [2.05, 4.69) is 17.0 Å². The summed E-state index contributed by atoms with van der Waals surface area (Å²) in [7, 11) is 0. The van der Waals surface area contributed by atoms with Crippen LogP contribution in [0.15, 0.2) is 10.9 Å². The minimum Gasteiger partial charge on any atom is -0.459 e. The maximum absolute atomic E-state index is 11.9. The van der Waals surface area contributed by atoms with Crippen molar-refractivity contribution in [2.24, 2.45) is 5.92 Å². The van der Waals surface area contributed by atoms with Crippen molar-refractivity contribution in [3.63, 3.8) is 0 Å². The molecule has 0 bridgehead atoms. The smallest absolute Gasteiger partial charge is 0.308 e. The molecule has 0 fully saturated rings. The van der Waals surface area contributed by atoms with E-state index >= 15 is 0 Å². The van der Waals surface area contributed by atoms with Gasteiger partial charge in [0.25, 0.3) is 5.56 Å². The van der Waals surface area contributed by atoms with Crippen molar-refractivity contribution in [2.75, 3.05) is 0 Å². The molecule has 0 atom stereocenters. The number of nitrogens with zero attached hydrogens (tertiary/aromatic N) is 3. The summed E-state index contributed by atoms with van der Waals surface area (Å²) in [5.74, 6) is -0.498. The molecule has 0 aliphatic heterocycles. The van der Waals surface area contributed by atoms with E-state index in [1.54, 1.807) is 13.8 Å². The Bertz CT molecular complexity index is 675. The first-order valence-corrected chi connectivity index (χ1v) is 7.38. The summed E-state index contributed by atoms with van der Waals surface area (Å²) in [6.07, 6.45) is 1.79. The molecule has 6 nitrogen and oxygen atoms in total. The molecule has 0 saturated heterocycles. The minimum absolute atomic E-state index is 0.0176. The standard InChI is InChI=1S/C13H17N3O3S/c1-4-5-10-15-16-11(17)6-9(14-13(16)20-10)7-19-12(18)8(2)3/h6,8H,4-5,7H2,1-3H3. The zero-order valence-electron chi connectivity index (χ0n) is 11.8. The monoisotopic (exact) mass is 295 g/mol. The first kappa shape index (κ1) is 14.6. The van der Waals surface area contributed by atoms with Crippen molar-refractivity contribution < 1.29 is 9.53 Å². The molecule has 2 aromatic rings. The van der Waals surface area contributed by atoms with Gasteiger partial charge in [-0.25, -0.2) is 4.98 Å². The number of carbonyl (C=O) groups excluding carboxylic acids is 1. The lowest BCUT2D eigenvalue weighted by Crippen LogP contribution is -2.17. The van der Waals surface area contributed by atoms with Crippen LogP contribution >= 0.6 is 11.3 Å². The molecule has 0 amide bonds. The molecular weight excluding hydrogens is 278 g/mol. The fraction of sp³-hybridized carbons (Fsp3) is 0.538. The lowest BCUT2D eigenvalue weighted by atomic mass is 10.2. The Morgan fingerprint density at radius 2 is 2.25 bits per heavy atom. The van der Waals surface area contributed by atoms with Gasteiger partial charge in [0.1, 0.15) is 11.6 Å².